The largest absolute Gasteiger partial charge is 0.396 e. The minimum atomic E-state index is -0.450. The summed E-state index contributed by atoms with van der Waals surface area (Å²) in [7, 11) is 0. The quantitative estimate of drug-likeness (QED) is 0.782. The van der Waals surface area contributed by atoms with E-state index in [1.54, 1.807) is 6.07 Å². The Labute approximate surface area is 90.2 Å². The van der Waals surface area contributed by atoms with Crippen molar-refractivity contribution in [2.75, 3.05) is 6.61 Å². The van der Waals surface area contributed by atoms with Crippen LogP contribution in [-0.2, 0) is 6.42 Å². The van der Waals surface area contributed by atoms with Gasteiger partial charge >= 0.3 is 5.69 Å². The molecule has 0 saturated heterocycles. The van der Waals surface area contributed by atoms with E-state index in [0.29, 0.717) is 11.5 Å². The number of aromatic nitrogens is 3. The van der Waals surface area contributed by atoms with Gasteiger partial charge in [0.1, 0.15) is 11.6 Å². The molecule has 0 amide bonds. The van der Waals surface area contributed by atoms with E-state index in [4.69, 9.17) is 5.11 Å². The number of nitrogens with zero attached hydrogens (tertiary/aromatic N) is 2. The first-order valence-corrected chi connectivity index (χ1v) is 4.76. The summed E-state index contributed by atoms with van der Waals surface area (Å²) in [6, 6.07) is 5.58. The zero-order chi connectivity index (χ0) is 11.5. The number of benzene rings is 1. The first-order valence-electron chi connectivity index (χ1n) is 4.76. The Bertz CT molecular complexity index is 547. The SMILES string of the molecule is O=c1[nH]c(CCO)nn1-c1cccc(F)c1. The number of rotatable bonds is 3. The second-order valence-electron chi connectivity index (χ2n) is 3.24. The van der Waals surface area contributed by atoms with E-state index in [1.807, 2.05) is 0 Å². The van der Waals surface area contributed by atoms with Gasteiger partial charge in [0.15, 0.2) is 0 Å². The van der Waals surface area contributed by atoms with Crippen LogP contribution in [0.1, 0.15) is 5.82 Å². The number of nitrogens with one attached hydrogen (secondary N) is 1. The third-order valence-corrected chi connectivity index (χ3v) is 2.07. The first-order chi connectivity index (χ1) is 7.70. The molecule has 2 rings (SSSR count). The van der Waals surface area contributed by atoms with E-state index >= 15 is 0 Å². The molecule has 0 atom stereocenters. The number of aliphatic hydroxyl groups is 1. The minimum Gasteiger partial charge on any atom is -0.396 e. The smallest absolute Gasteiger partial charge is 0.348 e. The van der Waals surface area contributed by atoms with Crippen LogP contribution in [0.3, 0.4) is 0 Å². The van der Waals surface area contributed by atoms with Crippen LogP contribution >= 0.6 is 0 Å². The minimum absolute atomic E-state index is 0.101. The van der Waals surface area contributed by atoms with Crippen molar-refractivity contribution in [1.82, 2.24) is 14.8 Å². The maximum Gasteiger partial charge on any atom is 0.348 e. The number of aromatic amines is 1. The van der Waals surface area contributed by atoms with Crippen molar-refractivity contribution in [3.05, 3.63) is 46.4 Å². The summed E-state index contributed by atoms with van der Waals surface area (Å²) in [6.45, 7) is -0.101. The summed E-state index contributed by atoms with van der Waals surface area (Å²) < 4.78 is 14.0. The average Bonchev–Trinajstić information content (AvgIpc) is 2.60. The van der Waals surface area contributed by atoms with Crippen LogP contribution in [0.15, 0.2) is 29.1 Å². The van der Waals surface area contributed by atoms with Gasteiger partial charge in [-0.2, -0.15) is 9.78 Å². The predicted molar refractivity (Wildman–Crippen MR) is 54.9 cm³/mol. The van der Waals surface area contributed by atoms with Gasteiger partial charge in [-0.15, -0.1) is 0 Å². The molecular weight excluding hydrogens is 213 g/mol. The Morgan fingerprint density at radius 2 is 2.31 bits per heavy atom. The molecule has 0 bridgehead atoms. The van der Waals surface area contributed by atoms with Crippen molar-refractivity contribution in [2.24, 2.45) is 0 Å². The van der Waals surface area contributed by atoms with Crippen molar-refractivity contribution < 1.29 is 9.50 Å². The van der Waals surface area contributed by atoms with Crippen molar-refractivity contribution in [3.8, 4) is 5.69 Å². The van der Waals surface area contributed by atoms with Gasteiger partial charge in [-0.1, -0.05) is 6.07 Å². The maximum atomic E-state index is 12.9. The second kappa shape index (κ2) is 4.28. The number of hydrogen-bond acceptors (Lipinski definition) is 3. The Balaban J connectivity index is 2.44. The van der Waals surface area contributed by atoms with E-state index < -0.39 is 11.5 Å². The molecule has 6 heteroatoms. The molecule has 2 N–H and O–H groups in total. The molecule has 2 aromatic rings. The van der Waals surface area contributed by atoms with E-state index in [1.165, 1.54) is 18.2 Å². The van der Waals surface area contributed by atoms with Crippen molar-refractivity contribution in [1.29, 1.82) is 0 Å². The third kappa shape index (κ3) is 2.01. The van der Waals surface area contributed by atoms with Gasteiger partial charge in [-0.3, -0.25) is 4.98 Å². The Kier molecular flexibility index (Phi) is 2.82. The summed E-state index contributed by atoms with van der Waals surface area (Å²) in [6.07, 6.45) is 0.261. The lowest BCUT2D eigenvalue weighted by Gasteiger charge is -1.98. The van der Waals surface area contributed by atoms with Crippen LogP contribution < -0.4 is 5.69 Å². The van der Waals surface area contributed by atoms with E-state index in [9.17, 15) is 9.18 Å². The van der Waals surface area contributed by atoms with E-state index in [2.05, 4.69) is 10.1 Å². The molecule has 1 aromatic carbocycles. The molecule has 1 heterocycles. The van der Waals surface area contributed by atoms with Gasteiger partial charge in [0.25, 0.3) is 0 Å². The number of aliphatic hydroxyl groups excluding tert-OH is 1. The fourth-order valence-corrected chi connectivity index (χ4v) is 1.37. The highest BCUT2D eigenvalue weighted by atomic mass is 19.1. The summed E-state index contributed by atoms with van der Waals surface area (Å²) in [5, 5.41) is 12.6. The molecular formula is C10H10FN3O2. The lowest BCUT2D eigenvalue weighted by molar-refractivity contribution is 0.296. The highest BCUT2D eigenvalue weighted by Gasteiger charge is 2.06. The lowest BCUT2D eigenvalue weighted by atomic mass is 10.3. The number of halogens is 1. The fourth-order valence-electron chi connectivity index (χ4n) is 1.37. The zero-order valence-corrected chi connectivity index (χ0v) is 8.35. The van der Waals surface area contributed by atoms with Crippen molar-refractivity contribution in [2.45, 2.75) is 6.42 Å². The molecule has 84 valence electrons. The highest BCUT2D eigenvalue weighted by Crippen LogP contribution is 2.06. The fraction of sp³-hybridized carbons (Fsp3) is 0.200. The number of H-pyrrole nitrogens is 1. The molecule has 0 aliphatic carbocycles. The van der Waals surface area contributed by atoms with E-state index in [0.717, 1.165) is 4.68 Å². The lowest BCUT2D eigenvalue weighted by Crippen LogP contribution is -2.15. The van der Waals surface area contributed by atoms with Crippen LogP contribution in [-0.4, -0.2) is 26.5 Å². The predicted octanol–water partition coefficient (Wildman–Crippen LogP) is 0.234. The molecule has 1 aromatic heterocycles. The molecule has 0 aliphatic rings. The van der Waals surface area contributed by atoms with Crippen molar-refractivity contribution >= 4 is 0 Å². The van der Waals surface area contributed by atoms with Gasteiger partial charge in [-0.05, 0) is 18.2 Å². The normalized spacial score (nSPS) is 10.6. The highest BCUT2D eigenvalue weighted by molar-refractivity contribution is 5.30. The Morgan fingerprint density at radius 1 is 1.50 bits per heavy atom. The average molecular weight is 223 g/mol. The van der Waals surface area contributed by atoms with Gasteiger partial charge < -0.3 is 5.11 Å². The van der Waals surface area contributed by atoms with Gasteiger partial charge in [0, 0.05) is 6.42 Å². The molecule has 0 fully saturated rings. The Morgan fingerprint density at radius 3 is 3.00 bits per heavy atom. The molecule has 0 aliphatic heterocycles. The first kappa shape index (κ1) is 10.6. The number of hydrogen-bond donors (Lipinski definition) is 2. The van der Waals surface area contributed by atoms with E-state index in [-0.39, 0.29) is 13.0 Å². The molecule has 0 unspecified atom stereocenters. The third-order valence-electron chi connectivity index (χ3n) is 2.07. The molecule has 5 nitrogen and oxygen atoms in total. The summed E-state index contributed by atoms with van der Waals surface area (Å²) in [5.41, 5.74) is -0.0977. The van der Waals surface area contributed by atoms with Crippen LogP contribution in [0, 0.1) is 5.82 Å². The second-order valence-corrected chi connectivity index (χ2v) is 3.24. The standard InChI is InChI=1S/C10H10FN3O2/c11-7-2-1-3-8(6-7)14-10(16)12-9(13-14)4-5-15/h1-3,6,15H,4-5H2,(H,12,13,16). The molecule has 0 radical (unpaired) electrons. The monoisotopic (exact) mass is 223 g/mol. The molecule has 0 saturated carbocycles. The zero-order valence-electron chi connectivity index (χ0n) is 8.35. The van der Waals surface area contributed by atoms with Gasteiger partial charge in [0.05, 0.1) is 12.3 Å². The molecule has 0 spiro atoms. The summed E-state index contributed by atoms with van der Waals surface area (Å²) in [5.74, 6) is -0.0622. The van der Waals surface area contributed by atoms with Crippen LogP contribution in [0.4, 0.5) is 4.39 Å². The summed E-state index contributed by atoms with van der Waals surface area (Å²) >= 11 is 0. The van der Waals surface area contributed by atoms with Gasteiger partial charge in [-0.25, -0.2) is 9.18 Å². The summed E-state index contributed by atoms with van der Waals surface area (Å²) in [4.78, 5) is 13.9. The van der Waals surface area contributed by atoms with Gasteiger partial charge in [0.2, 0.25) is 0 Å². The maximum absolute atomic E-state index is 12.9. The van der Waals surface area contributed by atoms with Crippen LogP contribution in [0.5, 0.6) is 0 Å². The Hall–Kier alpha value is -1.95. The van der Waals surface area contributed by atoms with Crippen LogP contribution in [0.2, 0.25) is 0 Å². The molecule has 16 heavy (non-hydrogen) atoms. The van der Waals surface area contributed by atoms with Crippen LogP contribution in [0.25, 0.3) is 5.69 Å². The topological polar surface area (TPSA) is 70.9 Å². The van der Waals surface area contributed by atoms with Crippen molar-refractivity contribution in [3.63, 3.8) is 0 Å².